The maximum Gasteiger partial charge on any atom is 0.242 e. The molecule has 0 aliphatic carbocycles. The van der Waals surface area contributed by atoms with Gasteiger partial charge in [0.15, 0.2) is 5.82 Å². The second kappa shape index (κ2) is 4.89. The Labute approximate surface area is 107 Å². The van der Waals surface area contributed by atoms with Crippen molar-refractivity contribution in [3.05, 3.63) is 16.8 Å². The Hall–Kier alpha value is -1.69. The van der Waals surface area contributed by atoms with E-state index in [1.54, 1.807) is 0 Å². The number of aromatic nitrogens is 2. The fourth-order valence-corrected chi connectivity index (χ4v) is 2.19. The zero-order chi connectivity index (χ0) is 13.3. The number of rotatable bonds is 2. The van der Waals surface area contributed by atoms with E-state index in [4.69, 9.17) is 5.73 Å². The Morgan fingerprint density at radius 3 is 2.83 bits per heavy atom. The predicted molar refractivity (Wildman–Crippen MR) is 69.2 cm³/mol. The Morgan fingerprint density at radius 1 is 1.44 bits per heavy atom. The molecule has 98 valence electrons. The number of hydrogen-bond donors (Lipinski definition) is 2. The van der Waals surface area contributed by atoms with Gasteiger partial charge in [0.2, 0.25) is 5.91 Å². The zero-order valence-electron chi connectivity index (χ0n) is 11.0. The van der Waals surface area contributed by atoms with Crippen LogP contribution in [0, 0.1) is 13.8 Å². The monoisotopic (exact) mass is 249 g/mol. The van der Waals surface area contributed by atoms with Crippen LogP contribution in [0.25, 0.3) is 0 Å². The first-order chi connectivity index (χ1) is 8.56. The van der Waals surface area contributed by atoms with Gasteiger partial charge in [-0.1, -0.05) is 0 Å². The highest BCUT2D eigenvalue weighted by atomic mass is 16.2. The summed E-state index contributed by atoms with van der Waals surface area (Å²) in [5, 5.41) is 11.2. The number of carbonyl (C=O) groups is 1. The molecule has 1 amide bonds. The van der Waals surface area contributed by atoms with Crippen molar-refractivity contribution in [2.75, 3.05) is 18.0 Å². The minimum atomic E-state index is -0.236. The summed E-state index contributed by atoms with van der Waals surface area (Å²) >= 11 is 0. The molecule has 1 unspecified atom stereocenters. The summed E-state index contributed by atoms with van der Waals surface area (Å²) in [5.41, 5.74) is 8.73. The molecule has 0 saturated carbocycles. The van der Waals surface area contributed by atoms with Crippen molar-refractivity contribution in [2.24, 2.45) is 5.73 Å². The number of amides is 1. The maximum absolute atomic E-state index is 11.7. The van der Waals surface area contributed by atoms with Crippen LogP contribution in [0.1, 0.15) is 23.7 Å². The van der Waals surface area contributed by atoms with E-state index in [1.165, 1.54) is 0 Å². The molecular formula is C12H19N5O. The molecule has 0 aromatic carbocycles. The molecule has 6 heteroatoms. The third-order valence-corrected chi connectivity index (χ3v) is 3.54. The largest absolute Gasteiger partial charge is 0.353 e. The highest BCUT2D eigenvalue weighted by molar-refractivity contribution is 5.86. The van der Waals surface area contributed by atoms with Crippen LogP contribution in [-0.4, -0.2) is 35.2 Å². The topological polar surface area (TPSA) is 84.1 Å². The number of carbonyl (C=O) groups excluding carboxylic acids is 1. The molecule has 1 atom stereocenters. The van der Waals surface area contributed by atoms with Crippen molar-refractivity contribution in [1.82, 2.24) is 15.5 Å². The van der Waals surface area contributed by atoms with Gasteiger partial charge in [0.25, 0.3) is 0 Å². The van der Waals surface area contributed by atoms with Gasteiger partial charge < -0.3 is 16.0 Å². The van der Waals surface area contributed by atoms with E-state index < -0.39 is 0 Å². The lowest BCUT2D eigenvalue weighted by Gasteiger charge is -2.34. The van der Waals surface area contributed by atoms with Crippen LogP contribution in [-0.2, 0) is 11.3 Å². The van der Waals surface area contributed by atoms with E-state index in [1.807, 2.05) is 25.7 Å². The molecule has 1 aliphatic heterocycles. The first-order valence-electron chi connectivity index (χ1n) is 6.13. The van der Waals surface area contributed by atoms with Gasteiger partial charge in [-0.15, -0.1) is 5.10 Å². The maximum atomic E-state index is 11.7. The van der Waals surface area contributed by atoms with Crippen LogP contribution in [0.2, 0.25) is 0 Å². The van der Waals surface area contributed by atoms with Gasteiger partial charge in [-0.3, -0.25) is 4.79 Å². The van der Waals surface area contributed by atoms with E-state index in [0.717, 1.165) is 29.2 Å². The summed E-state index contributed by atoms with van der Waals surface area (Å²) in [6.07, 6.45) is 0. The molecule has 1 fully saturated rings. The second-order valence-electron chi connectivity index (χ2n) is 4.58. The van der Waals surface area contributed by atoms with E-state index in [-0.39, 0.29) is 11.9 Å². The number of hydrogen-bond acceptors (Lipinski definition) is 5. The minimum Gasteiger partial charge on any atom is -0.353 e. The molecule has 1 aromatic heterocycles. The Kier molecular flexibility index (Phi) is 3.47. The third-order valence-electron chi connectivity index (χ3n) is 3.54. The smallest absolute Gasteiger partial charge is 0.242 e. The Balaban J connectivity index is 2.44. The molecule has 0 radical (unpaired) electrons. The minimum absolute atomic E-state index is 0.0178. The van der Waals surface area contributed by atoms with Gasteiger partial charge in [-0.25, -0.2) is 0 Å². The van der Waals surface area contributed by atoms with Crippen molar-refractivity contribution in [1.29, 1.82) is 0 Å². The summed E-state index contributed by atoms with van der Waals surface area (Å²) in [7, 11) is 0. The number of nitrogens with two attached hydrogens (primary N) is 1. The van der Waals surface area contributed by atoms with Gasteiger partial charge in [0, 0.05) is 25.2 Å². The first-order valence-corrected chi connectivity index (χ1v) is 6.13. The highest BCUT2D eigenvalue weighted by Gasteiger charge is 2.28. The van der Waals surface area contributed by atoms with E-state index in [9.17, 15) is 4.79 Å². The molecule has 1 aromatic rings. The third kappa shape index (κ3) is 2.03. The quantitative estimate of drug-likeness (QED) is 0.763. The van der Waals surface area contributed by atoms with Crippen LogP contribution < -0.4 is 16.0 Å². The molecule has 18 heavy (non-hydrogen) atoms. The van der Waals surface area contributed by atoms with Crippen molar-refractivity contribution in [2.45, 2.75) is 33.4 Å². The summed E-state index contributed by atoms with van der Waals surface area (Å²) < 4.78 is 0. The average molecular weight is 249 g/mol. The molecule has 1 aliphatic rings. The number of piperazine rings is 1. The average Bonchev–Trinajstić information content (AvgIpc) is 2.36. The summed E-state index contributed by atoms with van der Waals surface area (Å²) in [6.45, 7) is 7.54. The van der Waals surface area contributed by atoms with Crippen LogP contribution in [0.5, 0.6) is 0 Å². The Morgan fingerprint density at radius 2 is 2.17 bits per heavy atom. The second-order valence-corrected chi connectivity index (χ2v) is 4.58. The summed E-state index contributed by atoms with van der Waals surface area (Å²) in [6, 6.07) is -0.236. The van der Waals surface area contributed by atoms with Gasteiger partial charge >= 0.3 is 0 Å². The van der Waals surface area contributed by atoms with Crippen LogP contribution >= 0.6 is 0 Å². The lowest BCUT2D eigenvalue weighted by molar-refractivity contribution is -0.122. The van der Waals surface area contributed by atoms with Crippen LogP contribution in [0.15, 0.2) is 0 Å². The standard InChI is InChI=1S/C12H19N5O/c1-7-8(2)15-16-11(10(7)6-13)17-5-4-14-12(18)9(17)3/h9H,4-6,13H2,1-3H3,(H,14,18). The number of anilines is 1. The van der Waals surface area contributed by atoms with Crippen molar-refractivity contribution in [3.63, 3.8) is 0 Å². The summed E-state index contributed by atoms with van der Waals surface area (Å²) in [4.78, 5) is 13.7. The molecule has 0 spiro atoms. The molecule has 1 saturated heterocycles. The van der Waals surface area contributed by atoms with Crippen molar-refractivity contribution in [3.8, 4) is 0 Å². The van der Waals surface area contributed by atoms with E-state index >= 15 is 0 Å². The first kappa shape index (κ1) is 12.8. The summed E-state index contributed by atoms with van der Waals surface area (Å²) in [5.74, 6) is 0.757. The van der Waals surface area contributed by atoms with Gasteiger partial charge in [0.1, 0.15) is 6.04 Å². The van der Waals surface area contributed by atoms with Crippen LogP contribution in [0.3, 0.4) is 0 Å². The van der Waals surface area contributed by atoms with Gasteiger partial charge in [0.05, 0.1) is 5.69 Å². The molecule has 6 nitrogen and oxygen atoms in total. The molecular weight excluding hydrogens is 230 g/mol. The predicted octanol–water partition coefficient (Wildman–Crippen LogP) is -0.123. The lowest BCUT2D eigenvalue weighted by atomic mass is 10.1. The van der Waals surface area contributed by atoms with Gasteiger partial charge in [-0.05, 0) is 26.3 Å². The molecule has 2 rings (SSSR count). The zero-order valence-corrected chi connectivity index (χ0v) is 11.0. The molecule has 3 N–H and O–H groups in total. The number of nitrogens with one attached hydrogen (secondary N) is 1. The normalized spacial score (nSPS) is 19.9. The van der Waals surface area contributed by atoms with E-state index in [0.29, 0.717) is 13.1 Å². The lowest BCUT2D eigenvalue weighted by Crippen LogP contribution is -2.54. The fraction of sp³-hybridized carbons (Fsp3) is 0.583. The highest BCUT2D eigenvalue weighted by Crippen LogP contribution is 2.24. The number of nitrogens with zero attached hydrogens (tertiary/aromatic N) is 3. The van der Waals surface area contributed by atoms with E-state index in [2.05, 4.69) is 15.5 Å². The van der Waals surface area contributed by atoms with Crippen molar-refractivity contribution >= 4 is 11.7 Å². The molecule has 2 heterocycles. The van der Waals surface area contributed by atoms with Crippen molar-refractivity contribution < 1.29 is 4.79 Å². The van der Waals surface area contributed by atoms with Gasteiger partial charge in [-0.2, -0.15) is 5.10 Å². The van der Waals surface area contributed by atoms with Crippen LogP contribution in [0.4, 0.5) is 5.82 Å². The molecule has 0 bridgehead atoms. The fourth-order valence-electron chi connectivity index (χ4n) is 2.19. The SMILES string of the molecule is Cc1nnc(N2CCNC(=O)C2C)c(CN)c1C. The Bertz CT molecular complexity index is 474. The number of aryl methyl sites for hydroxylation is 1.